The van der Waals surface area contributed by atoms with Crippen molar-refractivity contribution in [2.24, 2.45) is 10.9 Å². The molecule has 5 N–H and O–H groups in total. The number of nitrogens with two attached hydrogens (primary N) is 1. The number of benzene rings is 1. The van der Waals surface area contributed by atoms with Crippen LogP contribution in [0.5, 0.6) is 0 Å². The normalized spacial score (nSPS) is 16.8. The minimum atomic E-state index is -0.760. The molecule has 1 saturated heterocycles. The quantitative estimate of drug-likeness (QED) is 0.126. The molecule has 188 valence electrons. The van der Waals surface area contributed by atoms with Gasteiger partial charge in [-0.3, -0.25) is 9.59 Å². The first-order valence-corrected chi connectivity index (χ1v) is 11.8. The number of likely N-dealkylation sites (tertiary alicyclic amines) is 1. The van der Waals surface area contributed by atoms with Crippen LogP contribution >= 0.6 is 0 Å². The van der Waals surface area contributed by atoms with Gasteiger partial charge in [0.05, 0.1) is 0 Å². The predicted octanol–water partition coefficient (Wildman–Crippen LogP) is 1.50. The van der Waals surface area contributed by atoms with E-state index < -0.39 is 17.7 Å². The highest BCUT2D eigenvalue weighted by molar-refractivity contribution is 5.86. The van der Waals surface area contributed by atoms with E-state index in [1.165, 1.54) is 6.34 Å². The summed E-state index contributed by atoms with van der Waals surface area (Å²) in [5.74, 6) is 4.77. The van der Waals surface area contributed by atoms with Gasteiger partial charge >= 0.3 is 6.09 Å². The molecule has 0 saturated carbocycles. The van der Waals surface area contributed by atoms with Gasteiger partial charge in [-0.1, -0.05) is 30.3 Å². The largest absolute Gasteiger partial charge is 0.444 e. The number of nitrogens with one attached hydrogen (secondary N) is 3. The molecule has 3 amide bonds. The molecule has 1 fully saturated rings. The van der Waals surface area contributed by atoms with E-state index in [2.05, 4.69) is 21.1 Å². The van der Waals surface area contributed by atoms with E-state index >= 15 is 0 Å². The maximum atomic E-state index is 13.5. The summed E-state index contributed by atoms with van der Waals surface area (Å²) in [6, 6.07) is 8.68. The van der Waals surface area contributed by atoms with Gasteiger partial charge in [0.15, 0.2) is 0 Å². The molecular weight excluding hydrogens is 436 g/mol. The molecule has 10 nitrogen and oxygen atoms in total. The van der Waals surface area contributed by atoms with Crippen LogP contribution in [-0.4, -0.2) is 66.5 Å². The van der Waals surface area contributed by atoms with E-state index in [1.54, 1.807) is 25.7 Å². The molecule has 0 bridgehead atoms. The first kappa shape index (κ1) is 26.9. The number of amides is 3. The second kappa shape index (κ2) is 13.4. The number of ether oxygens (including phenoxy) is 1. The molecule has 2 atom stereocenters. The number of hydrogen-bond acceptors (Lipinski definition) is 6. The fraction of sp³-hybridized carbons (Fsp3) is 0.583. The van der Waals surface area contributed by atoms with E-state index in [9.17, 15) is 14.4 Å². The van der Waals surface area contributed by atoms with E-state index in [0.717, 1.165) is 18.4 Å². The zero-order valence-corrected chi connectivity index (χ0v) is 20.4. The Hall–Kier alpha value is -3.30. The minimum Gasteiger partial charge on any atom is -0.444 e. The van der Waals surface area contributed by atoms with Gasteiger partial charge in [0.25, 0.3) is 0 Å². The van der Waals surface area contributed by atoms with Crippen molar-refractivity contribution in [3.8, 4) is 0 Å². The van der Waals surface area contributed by atoms with Gasteiger partial charge in [0.2, 0.25) is 11.8 Å². The first-order chi connectivity index (χ1) is 16.2. The monoisotopic (exact) mass is 474 g/mol. The summed E-state index contributed by atoms with van der Waals surface area (Å²) in [5, 5.41) is 11.9. The van der Waals surface area contributed by atoms with E-state index in [-0.39, 0.29) is 17.9 Å². The maximum absolute atomic E-state index is 13.5. The number of hydrazone groups is 1. The third-order valence-corrected chi connectivity index (χ3v) is 5.36. The van der Waals surface area contributed by atoms with Crippen LogP contribution in [0.2, 0.25) is 0 Å². The van der Waals surface area contributed by atoms with Crippen molar-refractivity contribution in [2.75, 3.05) is 19.6 Å². The summed E-state index contributed by atoms with van der Waals surface area (Å²) in [6.45, 7) is 6.90. The molecular formula is C24H38N6O4. The van der Waals surface area contributed by atoms with Crippen LogP contribution in [0.25, 0.3) is 0 Å². The van der Waals surface area contributed by atoms with Crippen LogP contribution in [0, 0.1) is 0 Å². The van der Waals surface area contributed by atoms with Gasteiger partial charge in [-0.15, -0.1) is 0 Å². The Balaban J connectivity index is 1.98. The summed E-state index contributed by atoms with van der Waals surface area (Å²) in [6.07, 6.45) is 3.76. The second-order valence-corrected chi connectivity index (χ2v) is 9.36. The summed E-state index contributed by atoms with van der Waals surface area (Å²) in [7, 11) is 0. The van der Waals surface area contributed by atoms with Crippen LogP contribution in [0.3, 0.4) is 0 Å². The molecule has 10 heteroatoms. The van der Waals surface area contributed by atoms with Crippen molar-refractivity contribution in [2.45, 2.75) is 70.6 Å². The minimum absolute atomic E-state index is 0.0708. The molecule has 2 rings (SSSR count). The Morgan fingerprint density at radius 2 is 2.00 bits per heavy atom. The van der Waals surface area contributed by atoms with Crippen molar-refractivity contribution in [3.05, 3.63) is 35.9 Å². The summed E-state index contributed by atoms with van der Waals surface area (Å²) in [4.78, 5) is 39.9. The van der Waals surface area contributed by atoms with Crippen LogP contribution in [0.4, 0.5) is 4.79 Å². The number of carbonyl (C=O) groups is 3. The third-order valence-electron chi connectivity index (χ3n) is 5.36. The average Bonchev–Trinajstić information content (AvgIpc) is 3.24. The molecule has 0 spiro atoms. The van der Waals surface area contributed by atoms with Gasteiger partial charge in [-0.2, -0.15) is 5.10 Å². The van der Waals surface area contributed by atoms with Crippen molar-refractivity contribution < 1.29 is 19.1 Å². The smallest absolute Gasteiger partial charge is 0.408 e. The lowest BCUT2D eigenvalue weighted by molar-refractivity contribution is -0.134. The van der Waals surface area contributed by atoms with E-state index in [4.69, 9.17) is 10.6 Å². The topological polar surface area (TPSA) is 138 Å². The summed E-state index contributed by atoms with van der Waals surface area (Å²) in [5.41, 5.74) is 0.270. The van der Waals surface area contributed by atoms with Crippen LogP contribution in [-0.2, 0) is 20.7 Å². The molecule has 0 aromatic heterocycles. The lowest BCUT2D eigenvalue weighted by Crippen LogP contribution is -2.53. The Kier molecular flexibility index (Phi) is 10.6. The zero-order chi connectivity index (χ0) is 25.0. The number of nitrogens with zero attached hydrogens (tertiary/aromatic N) is 2. The Bertz CT molecular complexity index is 825. The van der Waals surface area contributed by atoms with Crippen molar-refractivity contribution in [3.63, 3.8) is 0 Å². The SMILES string of the molecule is CC(C)(C)OC(=O)NC(Cc1ccccc1)C(=O)N1CCCC1CNC(=O)CCCNC=NN. The first-order valence-electron chi connectivity index (χ1n) is 11.8. The van der Waals surface area contributed by atoms with Gasteiger partial charge in [-0.25, -0.2) is 4.79 Å². The molecule has 1 aliphatic rings. The van der Waals surface area contributed by atoms with Gasteiger partial charge in [0, 0.05) is 38.5 Å². The number of alkyl carbamates (subject to hydrolysis) is 1. The summed E-state index contributed by atoms with van der Waals surface area (Å²) < 4.78 is 5.39. The highest BCUT2D eigenvalue weighted by Gasteiger charge is 2.34. The zero-order valence-electron chi connectivity index (χ0n) is 20.4. The Morgan fingerprint density at radius 3 is 2.68 bits per heavy atom. The van der Waals surface area contributed by atoms with Crippen molar-refractivity contribution in [1.82, 2.24) is 20.9 Å². The van der Waals surface area contributed by atoms with Gasteiger partial charge in [-0.05, 0) is 45.6 Å². The van der Waals surface area contributed by atoms with Crippen LogP contribution in [0.1, 0.15) is 52.0 Å². The molecule has 1 heterocycles. The fourth-order valence-corrected chi connectivity index (χ4v) is 3.83. The van der Waals surface area contributed by atoms with Crippen molar-refractivity contribution >= 4 is 24.2 Å². The molecule has 34 heavy (non-hydrogen) atoms. The van der Waals surface area contributed by atoms with E-state index in [1.807, 2.05) is 30.3 Å². The fourth-order valence-electron chi connectivity index (χ4n) is 3.83. The van der Waals surface area contributed by atoms with Crippen LogP contribution < -0.4 is 21.8 Å². The lowest BCUT2D eigenvalue weighted by Gasteiger charge is -2.30. The van der Waals surface area contributed by atoms with Crippen molar-refractivity contribution in [1.29, 1.82) is 0 Å². The Morgan fingerprint density at radius 1 is 1.26 bits per heavy atom. The molecule has 1 aromatic carbocycles. The molecule has 0 aliphatic carbocycles. The van der Waals surface area contributed by atoms with Gasteiger partial charge < -0.3 is 31.4 Å². The molecule has 2 unspecified atom stereocenters. The maximum Gasteiger partial charge on any atom is 0.408 e. The van der Waals surface area contributed by atoms with E-state index in [0.29, 0.717) is 38.9 Å². The highest BCUT2D eigenvalue weighted by atomic mass is 16.6. The number of hydrogen-bond donors (Lipinski definition) is 4. The Labute approximate surface area is 201 Å². The lowest BCUT2D eigenvalue weighted by atomic mass is 10.0. The third kappa shape index (κ3) is 9.68. The number of rotatable bonds is 11. The summed E-state index contributed by atoms with van der Waals surface area (Å²) >= 11 is 0. The average molecular weight is 475 g/mol. The molecule has 1 aliphatic heterocycles. The molecule has 1 aromatic rings. The second-order valence-electron chi connectivity index (χ2n) is 9.36. The van der Waals surface area contributed by atoms with Gasteiger partial charge in [0.1, 0.15) is 18.0 Å². The predicted molar refractivity (Wildman–Crippen MR) is 131 cm³/mol. The standard InChI is InChI=1S/C24H38N6O4/c1-24(2,3)34-23(33)29-20(15-18-9-5-4-6-10-18)22(32)30-14-8-11-19(30)16-27-21(31)12-7-13-26-17-28-25/h4-6,9-10,17,19-20H,7-8,11-16,25H2,1-3H3,(H,26,28)(H,27,31)(H,29,33). The molecule has 0 radical (unpaired) electrons. The van der Waals surface area contributed by atoms with Crippen LogP contribution in [0.15, 0.2) is 35.4 Å². The highest BCUT2D eigenvalue weighted by Crippen LogP contribution is 2.19. The number of carbonyl (C=O) groups excluding carboxylic acids is 3.